The van der Waals surface area contributed by atoms with E-state index in [1.807, 2.05) is 28.9 Å². The lowest BCUT2D eigenvalue weighted by Crippen LogP contribution is -2.22. The number of rotatable bonds is 2. The van der Waals surface area contributed by atoms with E-state index in [-0.39, 0.29) is 6.04 Å². The largest absolute Gasteiger partial charge is 0.321 e. The lowest BCUT2D eigenvalue weighted by molar-refractivity contribution is 0.421. The fourth-order valence-electron chi connectivity index (χ4n) is 2.32. The summed E-state index contributed by atoms with van der Waals surface area (Å²) in [7, 11) is 0. The summed E-state index contributed by atoms with van der Waals surface area (Å²) in [4.78, 5) is 4.54. The molecule has 5 heteroatoms. The molecular formula is C13H15ClN4. The molecule has 1 unspecified atom stereocenters. The molecule has 1 atom stereocenters. The first-order valence-electron chi connectivity index (χ1n) is 6.16. The number of aromatic nitrogens is 3. The highest BCUT2D eigenvalue weighted by Crippen LogP contribution is 2.22. The second-order valence-corrected chi connectivity index (χ2v) is 5.03. The Kier molecular flexibility index (Phi) is 3.06. The molecule has 0 aliphatic carbocycles. The molecule has 1 aliphatic rings. The molecule has 0 saturated heterocycles. The summed E-state index contributed by atoms with van der Waals surface area (Å²) in [5, 5.41) is 5.26. The van der Waals surface area contributed by atoms with E-state index in [2.05, 4.69) is 10.1 Å². The number of fused-ring (bicyclic) bond motifs is 1. The minimum absolute atomic E-state index is 0.0197. The Hall–Kier alpha value is -1.39. The van der Waals surface area contributed by atoms with Crippen molar-refractivity contribution >= 4 is 11.6 Å². The molecule has 1 aromatic heterocycles. The Morgan fingerprint density at radius 2 is 2.22 bits per heavy atom. The van der Waals surface area contributed by atoms with Gasteiger partial charge in [-0.3, -0.25) is 0 Å². The molecule has 0 amide bonds. The summed E-state index contributed by atoms with van der Waals surface area (Å²) in [6.07, 6.45) is 2.72. The van der Waals surface area contributed by atoms with Gasteiger partial charge in [-0.25, -0.2) is 9.67 Å². The van der Waals surface area contributed by atoms with Gasteiger partial charge in [0.05, 0.1) is 6.04 Å². The van der Waals surface area contributed by atoms with Crippen LogP contribution in [0.1, 0.15) is 36.1 Å². The summed E-state index contributed by atoms with van der Waals surface area (Å²) in [5.74, 6) is 1.71. The predicted octanol–water partition coefficient (Wildman–Crippen LogP) is 2.32. The maximum atomic E-state index is 6.14. The first kappa shape index (κ1) is 11.7. The van der Waals surface area contributed by atoms with Crippen molar-refractivity contribution in [2.45, 2.75) is 31.8 Å². The van der Waals surface area contributed by atoms with Gasteiger partial charge in [-0.1, -0.05) is 29.8 Å². The van der Waals surface area contributed by atoms with Gasteiger partial charge in [0.25, 0.3) is 0 Å². The summed E-state index contributed by atoms with van der Waals surface area (Å²) in [6, 6.07) is 7.81. The molecule has 0 bridgehead atoms. The zero-order chi connectivity index (χ0) is 12.5. The van der Waals surface area contributed by atoms with Crippen LogP contribution in [-0.4, -0.2) is 14.8 Å². The van der Waals surface area contributed by atoms with E-state index >= 15 is 0 Å². The second-order valence-electron chi connectivity index (χ2n) is 4.63. The van der Waals surface area contributed by atoms with Crippen LogP contribution >= 0.6 is 11.6 Å². The van der Waals surface area contributed by atoms with Crippen molar-refractivity contribution in [1.29, 1.82) is 0 Å². The quantitative estimate of drug-likeness (QED) is 0.904. The fourth-order valence-corrected chi connectivity index (χ4v) is 2.52. The molecule has 0 spiro atoms. The SMILES string of the molecule is NC1CCCn2nc(Cc3ccccc3Cl)nc21. The molecule has 18 heavy (non-hydrogen) atoms. The molecule has 3 rings (SSSR count). The van der Waals surface area contributed by atoms with E-state index in [0.717, 1.165) is 41.6 Å². The first-order chi connectivity index (χ1) is 8.74. The summed E-state index contributed by atoms with van der Waals surface area (Å²) in [5.41, 5.74) is 7.09. The van der Waals surface area contributed by atoms with E-state index in [4.69, 9.17) is 17.3 Å². The van der Waals surface area contributed by atoms with Gasteiger partial charge in [-0.15, -0.1) is 0 Å². The van der Waals surface area contributed by atoms with E-state index in [1.54, 1.807) is 0 Å². The van der Waals surface area contributed by atoms with Gasteiger partial charge in [-0.05, 0) is 24.5 Å². The van der Waals surface area contributed by atoms with E-state index < -0.39 is 0 Å². The first-order valence-corrected chi connectivity index (χ1v) is 6.54. The van der Waals surface area contributed by atoms with E-state index in [1.165, 1.54) is 0 Å². The molecule has 0 radical (unpaired) electrons. The zero-order valence-corrected chi connectivity index (χ0v) is 10.8. The normalized spacial score (nSPS) is 18.7. The van der Waals surface area contributed by atoms with Gasteiger partial charge in [0.2, 0.25) is 0 Å². The number of nitrogens with two attached hydrogens (primary N) is 1. The third-order valence-electron chi connectivity index (χ3n) is 3.27. The van der Waals surface area contributed by atoms with Crippen LogP contribution in [0.25, 0.3) is 0 Å². The highest BCUT2D eigenvalue weighted by atomic mass is 35.5. The van der Waals surface area contributed by atoms with Crippen LogP contribution in [0.4, 0.5) is 0 Å². The number of benzene rings is 1. The molecule has 0 fully saturated rings. The van der Waals surface area contributed by atoms with Crippen LogP contribution in [-0.2, 0) is 13.0 Å². The number of nitrogens with zero attached hydrogens (tertiary/aromatic N) is 3. The maximum absolute atomic E-state index is 6.14. The van der Waals surface area contributed by atoms with Crippen molar-refractivity contribution in [3.8, 4) is 0 Å². The number of hydrogen-bond donors (Lipinski definition) is 1. The second kappa shape index (κ2) is 4.71. The van der Waals surface area contributed by atoms with Crippen molar-refractivity contribution < 1.29 is 0 Å². The predicted molar refractivity (Wildman–Crippen MR) is 70.4 cm³/mol. The smallest absolute Gasteiger partial charge is 0.155 e. The molecule has 4 nitrogen and oxygen atoms in total. The van der Waals surface area contributed by atoms with E-state index in [0.29, 0.717) is 6.42 Å². The molecule has 2 aromatic rings. The Morgan fingerprint density at radius 1 is 1.39 bits per heavy atom. The van der Waals surface area contributed by atoms with Crippen LogP contribution in [0.15, 0.2) is 24.3 Å². The lowest BCUT2D eigenvalue weighted by atomic mass is 10.1. The molecule has 2 heterocycles. The van der Waals surface area contributed by atoms with Gasteiger partial charge in [-0.2, -0.15) is 5.10 Å². The lowest BCUT2D eigenvalue weighted by Gasteiger charge is -2.17. The van der Waals surface area contributed by atoms with Crippen LogP contribution in [0.5, 0.6) is 0 Å². The van der Waals surface area contributed by atoms with Gasteiger partial charge in [0.15, 0.2) is 5.82 Å². The Labute approximate surface area is 111 Å². The number of halogens is 1. The fraction of sp³-hybridized carbons (Fsp3) is 0.385. The molecular weight excluding hydrogens is 248 g/mol. The molecule has 0 saturated carbocycles. The molecule has 1 aliphatic heterocycles. The van der Waals surface area contributed by atoms with Gasteiger partial charge >= 0.3 is 0 Å². The minimum atomic E-state index is 0.0197. The van der Waals surface area contributed by atoms with E-state index in [9.17, 15) is 0 Å². The van der Waals surface area contributed by atoms with Gasteiger partial charge in [0.1, 0.15) is 5.82 Å². The summed E-state index contributed by atoms with van der Waals surface area (Å²) >= 11 is 6.14. The Morgan fingerprint density at radius 3 is 3.00 bits per heavy atom. The van der Waals surface area contributed by atoms with Gasteiger partial charge < -0.3 is 5.73 Å². The maximum Gasteiger partial charge on any atom is 0.155 e. The third-order valence-corrected chi connectivity index (χ3v) is 3.64. The summed E-state index contributed by atoms with van der Waals surface area (Å²) < 4.78 is 1.93. The molecule has 94 valence electrons. The van der Waals surface area contributed by atoms with Gasteiger partial charge in [0, 0.05) is 18.0 Å². The third kappa shape index (κ3) is 2.13. The Balaban J connectivity index is 1.88. The van der Waals surface area contributed by atoms with Crippen molar-refractivity contribution in [2.75, 3.05) is 0 Å². The Bertz CT molecular complexity index is 564. The van der Waals surface area contributed by atoms with Crippen molar-refractivity contribution in [3.05, 3.63) is 46.5 Å². The topological polar surface area (TPSA) is 56.7 Å². The highest BCUT2D eigenvalue weighted by molar-refractivity contribution is 6.31. The standard InChI is InChI=1S/C13H15ClN4/c14-10-5-2-1-4-9(10)8-12-16-13-11(15)6-3-7-18(13)17-12/h1-2,4-5,11H,3,6-8,15H2. The summed E-state index contributed by atoms with van der Waals surface area (Å²) in [6.45, 7) is 0.915. The van der Waals surface area contributed by atoms with Crippen LogP contribution in [0, 0.1) is 0 Å². The van der Waals surface area contributed by atoms with Crippen molar-refractivity contribution in [1.82, 2.24) is 14.8 Å². The van der Waals surface area contributed by atoms with Crippen LogP contribution in [0.3, 0.4) is 0 Å². The zero-order valence-electron chi connectivity index (χ0n) is 10.0. The number of hydrogen-bond acceptors (Lipinski definition) is 3. The monoisotopic (exact) mass is 262 g/mol. The van der Waals surface area contributed by atoms with Crippen molar-refractivity contribution in [3.63, 3.8) is 0 Å². The molecule has 1 aromatic carbocycles. The minimum Gasteiger partial charge on any atom is -0.321 e. The molecule has 2 N–H and O–H groups in total. The van der Waals surface area contributed by atoms with Crippen molar-refractivity contribution in [2.24, 2.45) is 5.73 Å². The van der Waals surface area contributed by atoms with Crippen LogP contribution < -0.4 is 5.73 Å². The highest BCUT2D eigenvalue weighted by Gasteiger charge is 2.21. The van der Waals surface area contributed by atoms with Crippen LogP contribution in [0.2, 0.25) is 5.02 Å². The average Bonchev–Trinajstić information content (AvgIpc) is 2.76. The average molecular weight is 263 g/mol. The number of aryl methyl sites for hydroxylation is 1.